The van der Waals surface area contributed by atoms with Gasteiger partial charge < -0.3 is 14.6 Å². The summed E-state index contributed by atoms with van der Waals surface area (Å²) in [4.78, 5) is 0. The first-order valence-corrected chi connectivity index (χ1v) is 5.25. The zero-order valence-electron chi connectivity index (χ0n) is 7.32. The summed E-state index contributed by atoms with van der Waals surface area (Å²) >= 11 is 1.74. The highest BCUT2D eigenvalue weighted by Gasteiger charge is 2.49. The first-order chi connectivity index (χ1) is 5.62. The molecule has 0 aromatic heterocycles. The Morgan fingerprint density at radius 3 is 2.92 bits per heavy atom. The lowest BCUT2D eigenvalue weighted by molar-refractivity contribution is -0.146. The van der Waals surface area contributed by atoms with Crippen molar-refractivity contribution in [2.75, 3.05) is 12.4 Å². The summed E-state index contributed by atoms with van der Waals surface area (Å²) in [5, 5.41) is 9.23. The highest BCUT2D eigenvalue weighted by Crippen LogP contribution is 2.40. The largest absolute Gasteiger partial charge is 0.395 e. The number of hydrogen-bond donors (Lipinski definition) is 1. The SMILES string of the molecule is CC1(C)O[C@H]2[C@H](CS[C@@H]2CO)O1. The summed E-state index contributed by atoms with van der Waals surface area (Å²) < 4.78 is 11.3. The molecule has 0 bridgehead atoms. The van der Waals surface area contributed by atoms with Crippen LogP contribution in [0.2, 0.25) is 0 Å². The molecular weight excluding hydrogens is 176 g/mol. The second kappa shape index (κ2) is 2.87. The maximum absolute atomic E-state index is 9.03. The fourth-order valence-electron chi connectivity index (χ4n) is 1.78. The number of thioether (sulfide) groups is 1. The van der Waals surface area contributed by atoms with Gasteiger partial charge in [0.05, 0.1) is 18.0 Å². The Bertz CT molecular complexity index is 183. The number of hydrogen-bond acceptors (Lipinski definition) is 4. The van der Waals surface area contributed by atoms with E-state index in [2.05, 4.69) is 0 Å². The Hall–Kier alpha value is 0.230. The normalized spacial score (nSPS) is 44.8. The van der Waals surface area contributed by atoms with Gasteiger partial charge >= 0.3 is 0 Å². The molecule has 0 radical (unpaired) electrons. The van der Waals surface area contributed by atoms with E-state index < -0.39 is 5.79 Å². The molecule has 0 saturated carbocycles. The first-order valence-electron chi connectivity index (χ1n) is 4.20. The van der Waals surface area contributed by atoms with Gasteiger partial charge in [0, 0.05) is 5.75 Å². The van der Waals surface area contributed by atoms with E-state index in [9.17, 15) is 0 Å². The van der Waals surface area contributed by atoms with E-state index in [0.717, 1.165) is 5.75 Å². The number of aliphatic hydroxyl groups excluding tert-OH is 1. The third-order valence-electron chi connectivity index (χ3n) is 2.24. The van der Waals surface area contributed by atoms with E-state index >= 15 is 0 Å². The molecule has 2 saturated heterocycles. The first kappa shape index (κ1) is 8.81. The molecule has 0 spiro atoms. The van der Waals surface area contributed by atoms with Crippen LogP contribution in [0.15, 0.2) is 0 Å². The van der Waals surface area contributed by atoms with Crippen LogP contribution in [-0.2, 0) is 9.47 Å². The van der Waals surface area contributed by atoms with Gasteiger partial charge in [-0.05, 0) is 13.8 Å². The third kappa shape index (κ3) is 1.37. The molecule has 0 aromatic rings. The van der Waals surface area contributed by atoms with Crippen LogP contribution in [0.1, 0.15) is 13.8 Å². The minimum Gasteiger partial charge on any atom is -0.395 e. The topological polar surface area (TPSA) is 38.7 Å². The van der Waals surface area contributed by atoms with Gasteiger partial charge in [0.25, 0.3) is 0 Å². The van der Waals surface area contributed by atoms with Crippen molar-refractivity contribution < 1.29 is 14.6 Å². The van der Waals surface area contributed by atoms with Crippen molar-refractivity contribution in [3.05, 3.63) is 0 Å². The zero-order chi connectivity index (χ0) is 8.77. The summed E-state index contributed by atoms with van der Waals surface area (Å²) in [6.45, 7) is 4.03. The third-order valence-corrected chi connectivity index (χ3v) is 3.61. The smallest absolute Gasteiger partial charge is 0.163 e. The summed E-state index contributed by atoms with van der Waals surface area (Å²) in [6, 6.07) is 0. The Morgan fingerprint density at radius 2 is 2.25 bits per heavy atom. The molecule has 2 heterocycles. The van der Waals surface area contributed by atoms with Crippen molar-refractivity contribution in [3.63, 3.8) is 0 Å². The molecule has 1 N–H and O–H groups in total. The molecule has 0 unspecified atom stereocenters. The van der Waals surface area contributed by atoms with Crippen LogP contribution < -0.4 is 0 Å². The lowest BCUT2D eigenvalue weighted by Gasteiger charge is -2.20. The molecule has 2 aliphatic heterocycles. The van der Waals surface area contributed by atoms with Gasteiger partial charge in [-0.2, -0.15) is 11.8 Å². The minimum atomic E-state index is -0.455. The van der Waals surface area contributed by atoms with Crippen molar-refractivity contribution in [3.8, 4) is 0 Å². The molecule has 0 aliphatic carbocycles. The van der Waals surface area contributed by atoms with Gasteiger partial charge in [-0.1, -0.05) is 0 Å². The van der Waals surface area contributed by atoms with Crippen molar-refractivity contribution in [2.24, 2.45) is 0 Å². The fraction of sp³-hybridized carbons (Fsp3) is 1.00. The van der Waals surface area contributed by atoms with Crippen LogP contribution in [0.25, 0.3) is 0 Å². The van der Waals surface area contributed by atoms with Crippen LogP contribution in [0.5, 0.6) is 0 Å². The standard InChI is InChI=1S/C8H14O3S/c1-8(2)10-5-4-12-6(3-9)7(5)11-8/h5-7,9H,3-4H2,1-2H3/t5-,6+,7-/m0/s1. The summed E-state index contributed by atoms with van der Waals surface area (Å²) in [5.41, 5.74) is 0. The highest BCUT2D eigenvalue weighted by atomic mass is 32.2. The van der Waals surface area contributed by atoms with Crippen molar-refractivity contribution in [1.82, 2.24) is 0 Å². The van der Waals surface area contributed by atoms with Crippen molar-refractivity contribution >= 4 is 11.8 Å². The molecule has 3 nitrogen and oxygen atoms in total. The van der Waals surface area contributed by atoms with Crippen molar-refractivity contribution in [2.45, 2.75) is 37.1 Å². The van der Waals surface area contributed by atoms with E-state index in [1.165, 1.54) is 0 Å². The fourth-order valence-corrected chi connectivity index (χ4v) is 3.00. The lowest BCUT2D eigenvalue weighted by atomic mass is 10.2. The molecule has 0 amide bonds. The molecule has 2 rings (SSSR count). The van der Waals surface area contributed by atoms with Crippen LogP contribution in [-0.4, -0.2) is 40.7 Å². The van der Waals surface area contributed by atoms with Crippen LogP contribution in [0, 0.1) is 0 Å². The van der Waals surface area contributed by atoms with Crippen LogP contribution in [0.4, 0.5) is 0 Å². The van der Waals surface area contributed by atoms with Gasteiger partial charge in [-0.15, -0.1) is 0 Å². The Balaban J connectivity index is 2.06. The van der Waals surface area contributed by atoms with Crippen LogP contribution >= 0.6 is 11.8 Å². The predicted octanol–water partition coefficient (Wildman–Crippen LogP) is 0.614. The van der Waals surface area contributed by atoms with Crippen LogP contribution in [0.3, 0.4) is 0 Å². The molecule has 4 heteroatoms. The Labute approximate surface area is 76.4 Å². The number of ether oxygens (including phenoxy) is 2. The van der Waals surface area contributed by atoms with E-state index in [4.69, 9.17) is 14.6 Å². The van der Waals surface area contributed by atoms with E-state index in [1.807, 2.05) is 13.8 Å². The predicted molar refractivity (Wildman–Crippen MR) is 47.2 cm³/mol. The Kier molecular flexibility index (Phi) is 2.11. The zero-order valence-corrected chi connectivity index (χ0v) is 8.13. The van der Waals surface area contributed by atoms with Gasteiger partial charge in [-0.25, -0.2) is 0 Å². The maximum atomic E-state index is 9.03. The van der Waals surface area contributed by atoms with Gasteiger partial charge in [0.2, 0.25) is 0 Å². The quantitative estimate of drug-likeness (QED) is 0.657. The second-order valence-electron chi connectivity index (χ2n) is 3.69. The molecule has 2 fully saturated rings. The van der Waals surface area contributed by atoms with E-state index in [-0.39, 0.29) is 24.1 Å². The lowest BCUT2D eigenvalue weighted by Crippen LogP contribution is -2.29. The number of rotatable bonds is 1. The molecule has 2 aliphatic rings. The number of aliphatic hydroxyl groups is 1. The van der Waals surface area contributed by atoms with E-state index in [1.54, 1.807) is 11.8 Å². The van der Waals surface area contributed by atoms with Gasteiger partial charge in [-0.3, -0.25) is 0 Å². The highest BCUT2D eigenvalue weighted by molar-refractivity contribution is 8.00. The molecule has 3 atom stereocenters. The van der Waals surface area contributed by atoms with E-state index in [0.29, 0.717) is 0 Å². The Morgan fingerprint density at radius 1 is 1.50 bits per heavy atom. The summed E-state index contributed by atoms with van der Waals surface area (Å²) in [6.07, 6.45) is 0.275. The molecule has 70 valence electrons. The van der Waals surface area contributed by atoms with Gasteiger partial charge in [0.15, 0.2) is 5.79 Å². The molecule has 12 heavy (non-hydrogen) atoms. The molecule has 0 aromatic carbocycles. The monoisotopic (exact) mass is 190 g/mol. The minimum absolute atomic E-state index is 0.0926. The summed E-state index contributed by atoms with van der Waals surface area (Å²) in [7, 11) is 0. The maximum Gasteiger partial charge on any atom is 0.163 e. The van der Waals surface area contributed by atoms with Crippen molar-refractivity contribution in [1.29, 1.82) is 0 Å². The molecular formula is C8H14O3S. The second-order valence-corrected chi connectivity index (χ2v) is 4.97. The van der Waals surface area contributed by atoms with Gasteiger partial charge in [0.1, 0.15) is 6.10 Å². The number of fused-ring (bicyclic) bond motifs is 1. The summed E-state index contributed by atoms with van der Waals surface area (Å²) in [5.74, 6) is 0.489. The average molecular weight is 190 g/mol. The average Bonchev–Trinajstić information content (AvgIpc) is 2.42.